The molecular formula is C28H26FN9O. The van der Waals surface area contributed by atoms with Crippen LogP contribution in [0.5, 0.6) is 0 Å². The zero-order chi connectivity index (χ0) is 26.8. The topological polar surface area (TPSA) is 114 Å². The second kappa shape index (κ2) is 10.5. The lowest BCUT2D eigenvalue weighted by molar-refractivity contribution is 0.0968. The van der Waals surface area contributed by atoms with E-state index in [1.165, 1.54) is 29.5 Å². The second-order valence-corrected chi connectivity index (χ2v) is 9.38. The van der Waals surface area contributed by atoms with E-state index in [2.05, 4.69) is 35.7 Å². The molecule has 4 heterocycles. The normalized spacial score (nSPS) is 15.3. The molecule has 1 amide bonds. The van der Waals surface area contributed by atoms with E-state index in [4.69, 9.17) is 0 Å². The Kier molecular flexibility index (Phi) is 6.64. The van der Waals surface area contributed by atoms with Gasteiger partial charge in [0.1, 0.15) is 24.3 Å². The number of hydrogen-bond donors (Lipinski definition) is 2. The van der Waals surface area contributed by atoms with Crippen LogP contribution < -0.4 is 15.5 Å². The van der Waals surface area contributed by atoms with Gasteiger partial charge in [-0.3, -0.25) is 9.69 Å². The molecule has 196 valence electrons. The molecule has 2 N–H and O–H groups in total. The summed E-state index contributed by atoms with van der Waals surface area (Å²) in [6.45, 7) is 3.49. The molecule has 1 aliphatic heterocycles. The number of nitrogens with one attached hydrogen (secondary N) is 2. The van der Waals surface area contributed by atoms with Crippen molar-refractivity contribution in [3.05, 3.63) is 90.5 Å². The number of carbonyl (C=O) groups excluding carboxylic acids is 1. The molecule has 2 aromatic carbocycles. The third kappa shape index (κ3) is 4.91. The van der Waals surface area contributed by atoms with Crippen molar-refractivity contribution in [1.29, 1.82) is 0 Å². The molecule has 6 rings (SSSR count). The van der Waals surface area contributed by atoms with Crippen molar-refractivity contribution >= 4 is 34.1 Å². The molecule has 3 aromatic heterocycles. The Morgan fingerprint density at radius 2 is 2.05 bits per heavy atom. The fourth-order valence-electron chi connectivity index (χ4n) is 4.95. The van der Waals surface area contributed by atoms with E-state index in [1.807, 2.05) is 31.2 Å². The zero-order valence-electron chi connectivity index (χ0n) is 21.3. The Bertz CT molecular complexity index is 1630. The average Bonchev–Trinajstić information content (AvgIpc) is 3.50. The lowest BCUT2D eigenvalue weighted by atomic mass is 10.0. The minimum atomic E-state index is -0.650. The predicted octanol–water partition coefficient (Wildman–Crippen LogP) is 4.20. The van der Waals surface area contributed by atoms with Gasteiger partial charge < -0.3 is 10.6 Å². The number of hydrogen-bond acceptors (Lipinski definition) is 8. The molecule has 0 aliphatic carbocycles. The molecule has 0 radical (unpaired) electrons. The molecular weight excluding hydrogens is 497 g/mol. The van der Waals surface area contributed by atoms with Crippen molar-refractivity contribution in [1.82, 2.24) is 35.0 Å². The quantitative estimate of drug-likeness (QED) is 0.341. The van der Waals surface area contributed by atoms with E-state index < -0.39 is 11.7 Å². The van der Waals surface area contributed by atoms with Gasteiger partial charge in [0.15, 0.2) is 5.82 Å². The van der Waals surface area contributed by atoms with Crippen LogP contribution in [-0.2, 0) is 0 Å². The Morgan fingerprint density at radius 1 is 1.15 bits per heavy atom. The Hall–Kier alpha value is -4.77. The van der Waals surface area contributed by atoms with Gasteiger partial charge in [0.25, 0.3) is 5.91 Å². The van der Waals surface area contributed by atoms with Gasteiger partial charge in [-0.1, -0.05) is 18.2 Å². The lowest BCUT2D eigenvalue weighted by Gasteiger charge is -2.35. The van der Waals surface area contributed by atoms with E-state index in [-0.39, 0.29) is 17.6 Å². The van der Waals surface area contributed by atoms with E-state index in [9.17, 15) is 4.79 Å². The average molecular weight is 524 g/mol. The molecule has 1 saturated heterocycles. The van der Waals surface area contributed by atoms with Crippen LogP contribution in [0.1, 0.15) is 28.8 Å². The number of aromatic nitrogens is 6. The maximum absolute atomic E-state index is 15.6. The highest BCUT2D eigenvalue weighted by Crippen LogP contribution is 2.32. The molecule has 1 fully saturated rings. The van der Waals surface area contributed by atoms with Crippen molar-refractivity contribution in [3.8, 4) is 5.82 Å². The maximum atomic E-state index is 15.6. The third-order valence-corrected chi connectivity index (χ3v) is 6.81. The molecule has 0 spiro atoms. The number of carbonyl (C=O) groups is 1. The highest BCUT2D eigenvalue weighted by Gasteiger charge is 2.31. The number of rotatable bonds is 6. The van der Waals surface area contributed by atoms with Crippen LogP contribution in [0.25, 0.3) is 16.6 Å². The number of aryl methyl sites for hydroxylation is 1. The highest BCUT2D eigenvalue weighted by atomic mass is 19.1. The molecule has 10 nitrogen and oxygen atoms in total. The Labute approximate surface area is 224 Å². The summed E-state index contributed by atoms with van der Waals surface area (Å²) < 4.78 is 17.0. The number of pyridine rings is 1. The molecule has 0 bridgehead atoms. The van der Waals surface area contributed by atoms with E-state index >= 15 is 4.39 Å². The smallest absolute Gasteiger partial charge is 0.262 e. The van der Waals surface area contributed by atoms with Crippen molar-refractivity contribution in [3.63, 3.8) is 0 Å². The highest BCUT2D eigenvalue weighted by molar-refractivity contribution is 6.11. The van der Waals surface area contributed by atoms with E-state index in [0.29, 0.717) is 23.9 Å². The third-order valence-electron chi connectivity index (χ3n) is 6.81. The number of fused-ring (bicyclic) bond motifs is 1. The van der Waals surface area contributed by atoms with Crippen molar-refractivity contribution in [2.24, 2.45) is 0 Å². The van der Waals surface area contributed by atoms with Crippen LogP contribution >= 0.6 is 0 Å². The van der Waals surface area contributed by atoms with Gasteiger partial charge >= 0.3 is 0 Å². The van der Waals surface area contributed by atoms with Gasteiger partial charge in [-0.05, 0) is 61.5 Å². The van der Waals surface area contributed by atoms with Gasteiger partial charge in [-0.2, -0.15) is 10.1 Å². The lowest BCUT2D eigenvalue weighted by Crippen LogP contribution is -2.49. The molecule has 0 saturated carbocycles. The van der Waals surface area contributed by atoms with Gasteiger partial charge in [0.2, 0.25) is 5.95 Å². The largest absolute Gasteiger partial charge is 0.324 e. The van der Waals surface area contributed by atoms with Crippen LogP contribution in [0, 0.1) is 12.7 Å². The standard InChI is InChI=1S/C28H26FN9O/c1-18-4-2-5-19-9-12-32-26(25(18)19)38(21-6-3-11-30-15-21)27(39)22-8-7-20(14-23(22)29)35-28-33-13-10-24(36-28)37-17-31-16-34-37/h2,4-5,7-10,12-14,16-17,21,30H,3,6,11,15H2,1H3,(H,33,35,36)/t21-/m1/s1. The molecule has 11 heteroatoms. The van der Waals surface area contributed by atoms with Crippen LogP contribution in [0.2, 0.25) is 0 Å². The van der Waals surface area contributed by atoms with Crippen molar-refractivity contribution < 1.29 is 9.18 Å². The Balaban J connectivity index is 1.33. The monoisotopic (exact) mass is 523 g/mol. The summed E-state index contributed by atoms with van der Waals surface area (Å²) in [5.74, 6) is 0.228. The van der Waals surface area contributed by atoms with Crippen molar-refractivity contribution in [2.75, 3.05) is 23.3 Å². The van der Waals surface area contributed by atoms with Crippen molar-refractivity contribution in [2.45, 2.75) is 25.8 Å². The molecule has 1 atom stereocenters. The summed E-state index contributed by atoms with van der Waals surface area (Å²) in [5.41, 5.74) is 1.38. The number of nitrogens with zero attached hydrogens (tertiary/aromatic N) is 7. The maximum Gasteiger partial charge on any atom is 0.262 e. The number of halogens is 1. The number of piperidine rings is 1. The van der Waals surface area contributed by atoms with Gasteiger partial charge in [-0.15, -0.1) is 0 Å². The number of benzene rings is 2. The number of anilines is 3. The molecule has 1 aliphatic rings. The predicted molar refractivity (Wildman–Crippen MR) is 146 cm³/mol. The Morgan fingerprint density at radius 3 is 2.85 bits per heavy atom. The summed E-state index contributed by atoms with van der Waals surface area (Å²) in [4.78, 5) is 32.8. The number of amides is 1. The van der Waals surface area contributed by atoms with Crippen LogP contribution in [0.15, 0.2) is 73.6 Å². The minimum absolute atomic E-state index is 0.0317. The van der Waals surface area contributed by atoms with Gasteiger partial charge in [0, 0.05) is 36.1 Å². The summed E-state index contributed by atoms with van der Waals surface area (Å²) in [6.07, 6.45) is 7.90. The van der Waals surface area contributed by atoms with Crippen LogP contribution in [0.3, 0.4) is 0 Å². The van der Waals surface area contributed by atoms with E-state index in [0.717, 1.165) is 35.7 Å². The first-order chi connectivity index (χ1) is 19.1. The second-order valence-electron chi connectivity index (χ2n) is 9.38. The summed E-state index contributed by atoms with van der Waals surface area (Å²) in [7, 11) is 0. The first kappa shape index (κ1) is 24.6. The molecule has 5 aromatic rings. The summed E-state index contributed by atoms with van der Waals surface area (Å²) >= 11 is 0. The van der Waals surface area contributed by atoms with E-state index in [1.54, 1.807) is 29.4 Å². The van der Waals surface area contributed by atoms with Gasteiger partial charge in [0.05, 0.1) is 11.6 Å². The van der Waals surface area contributed by atoms with Crippen LogP contribution in [-0.4, -0.2) is 54.8 Å². The SMILES string of the molecule is Cc1cccc2ccnc(N(C(=O)c3ccc(Nc4nccc(-n5cncn5)n4)cc3F)[C@@H]3CCCNC3)c12. The summed E-state index contributed by atoms with van der Waals surface area (Å²) in [5, 5.41) is 12.3. The fraction of sp³-hybridized carbons (Fsp3) is 0.214. The fourth-order valence-corrected chi connectivity index (χ4v) is 4.95. The first-order valence-corrected chi connectivity index (χ1v) is 12.7. The summed E-state index contributed by atoms with van der Waals surface area (Å²) in [6, 6.07) is 13.8. The van der Waals surface area contributed by atoms with Gasteiger partial charge in [-0.25, -0.2) is 24.0 Å². The first-order valence-electron chi connectivity index (χ1n) is 12.7. The molecule has 39 heavy (non-hydrogen) atoms. The minimum Gasteiger partial charge on any atom is -0.324 e. The van der Waals surface area contributed by atoms with Crippen LogP contribution in [0.4, 0.5) is 21.8 Å². The zero-order valence-corrected chi connectivity index (χ0v) is 21.3. The molecule has 0 unspecified atom stereocenters.